The van der Waals surface area contributed by atoms with Gasteiger partial charge in [-0.2, -0.15) is 0 Å². The van der Waals surface area contributed by atoms with E-state index < -0.39 is 9.84 Å². The second-order valence-electron chi connectivity index (χ2n) is 5.35. The lowest BCUT2D eigenvalue weighted by Gasteiger charge is -2.40. The summed E-state index contributed by atoms with van der Waals surface area (Å²) in [6.45, 7) is 4.77. The molecule has 1 aliphatic heterocycles. The number of hydrogen-bond donors (Lipinski definition) is 1. The van der Waals surface area contributed by atoms with Crippen molar-refractivity contribution in [2.75, 3.05) is 45.2 Å². The van der Waals surface area contributed by atoms with Crippen molar-refractivity contribution in [1.82, 2.24) is 9.80 Å². The van der Waals surface area contributed by atoms with E-state index in [9.17, 15) is 8.42 Å². The number of piperazine rings is 1. The highest BCUT2D eigenvalue weighted by atomic mass is 32.2. The van der Waals surface area contributed by atoms with Crippen molar-refractivity contribution >= 4 is 9.84 Å². The molecule has 0 aliphatic carbocycles. The van der Waals surface area contributed by atoms with E-state index in [1.165, 1.54) is 0 Å². The Hall–Kier alpha value is -0.170. The van der Waals surface area contributed by atoms with Crippen LogP contribution in [-0.2, 0) is 9.84 Å². The van der Waals surface area contributed by atoms with Crippen LogP contribution >= 0.6 is 0 Å². The Morgan fingerprint density at radius 1 is 1.33 bits per heavy atom. The van der Waals surface area contributed by atoms with E-state index in [1.54, 1.807) is 6.92 Å². The van der Waals surface area contributed by atoms with Gasteiger partial charge in [0.1, 0.15) is 9.84 Å². The zero-order valence-electron chi connectivity index (χ0n) is 11.8. The molecular formula is C12H27N3O2S. The summed E-state index contributed by atoms with van der Waals surface area (Å²) in [6, 6.07) is 0.401. The van der Waals surface area contributed by atoms with Crippen LogP contribution in [0.5, 0.6) is 0 Å². The van der Waals surface area contributed by atoms with Gasteiger partial charge < -0.3 is 10.6 Å². The van der Waals surface area contributed by atoms with Crippen LogP contribution in [-0.4, -0.2) is 75.5 Å². The second kappa shape index (κ2) is 6.84. The minimum Gasteiger partial charge on any atom is -0.326 e. The number of nitrogens with two attached hydrogens (primary N) is 1. The van der Waals surface area contributed by atoms with Gasteiger partial charge in [-0.3, -0.25) is 4.90 Å². The monoisotopic (exact) mass is 277 g/mol. The lowest BCUT2D eigenvalue weighted by molar-refractivity contribution is 0.0952. The molecule has 0 aromatic heterocycles. The smallest absolute Gasteiger partial charge is 0.150 e. The SMILES string of the molecule is CCS(=O)(=O)CCCC(N)C1CN(C)CCN1C. The zero-order valence-corrected chi connectivity index (χ0v) is 12.6. The Kier molecular flexibility index (Phi) is 6.04. The van der Waals surface area contributed by atoms with Crippen LogP contribution in [0.25, 0.3) is 0 Å². The van der Waals surface area contributed by atoms with Crippen LogP contribution < -0.4 is 5.73 Å². The van der Waals surface area contributed by atoms with E-state index in [4.69, 9.17) is 5.73 Å². The Labute approximate surface area is 111 Å². The third-order valence-corrected chi connectivity index (χ3v) is 5.62. The molecule has 2 atom stereocenters. The highest BCUT2D eigenvalue weighted by molar-refractivity contribution is 7.91. The van der Waals surface area contributed by atoms with Crippen molar-refractivity contribution < 1.29 is 8.42 Å². The van der Waals surface area contributed by atoms with Crippen LogP contribution in [0.2, 0.25) is 0 Å². The summed E-state index contributed by atoms with van der Waals surface area (Å²) in [5, 5.41) is 0. The number of sulfone groups is 1. The highest BCUT2D eigenvalue weighted by Crippen LogP contribution is 2.12. The van der Waals surface area contributed by atoms with E-state index >= 15 is 0 Å². The fourth-order valence-electron chi connectivity index (χ4n) is 2.38. The van der Waals surface area contributed by atoms with E-state index in [0.717, 1.165) is 26.1 Å². The first-order chi connectivity index (χ1) is 8.35. The van der Waals surface area contributed by atoms with Crippen molar-refractivity contribution in [1.29, 1.82) is 0 Å². The Bertz CT molecular complexity index is 345. The molecule has 0 amide bonds. The molecule has 0 saturated carbocycles. The predicted molar refractivity (Wildman–Crippen MR) is 75.5 cm³/mol. The van der Waals surface area contributed by atoms with E-state index in [0.29, 0.717) is 12.5 Å². The molecule has 0 bridgehead atoms. The van der Waals surface area contributed by atoms with Gasteiger partial charge in [0.15, 0.2) is 0 Å². The number of hydrogen-bond acceptors (Lipinski definition) is 5. The quantitative estimate of drug-likeness (QED) is 0.727. The molecule has 2 N–H and O–H groups in total. The van der Waals surface area contributed by atoms with Gasteiger partial charge in [0.25, 0.3) is 0 Å². The Morgan fingerprint density at radius 3 is 2.61 bits per heavy atom. The number of likely N-dealkylation sites (N-methyl/N-ethyl adjacent to an activating group) is 2. The maximum Gasteiger partial charge on any atom is 0.150 e. The minimum atomic E-state index is -2.85. The number of nitrogens with zero attached hydrogens (tertiary/aromatic N) is 2. The average molecular weight is 277 g/mol. The van der Waals surface area contributed by atoms with Gasteiger partial charge in [-0.25, -0.2) is 8.42 Å². The van der Waals surface area contributed by atoms with Gasteiger partial charge in [-0.15, -0.1) is 0 Å². The van der Waals surface area contributed by atoms with Crippen molar-refractivity contribution in [2.45, 2.75) is 31.8 Å². The molecule has 108 valence electrons. The zero-order chi connectivity index (χ0) is 13.8. The van der Waals surface area contributed by atoms with Gasteiger partial charge in [-0.05, 0) is 26.9 Å². The molecule has 2 unspecified atom stereocenters. The van der Waals surface area contributed by atoms with E-state index in [-0.39, 0.29) is 17.5 Å². The first-order valence-corrected chi connectivity index (χ1v) is 8.52. The molecule has 1 aliphatic rings. The van der Waals surface area contributed by atoms with Gasteiger partial charge in [0, 0.05) is 37.5 Å². The molecule has 1 heterocycles. The van der Waals surface area contributed by atoms with Crippen LogP contribution in [0.15, 0.2) is 0 Å². The molecule has 1 saturated heterocycles. The van der Waals surface area contributed by atoms with Gasteiger partial charge >= 0.3 is 0 Å². The maximum absolute atomic E-state index is 11.4. The molecule has 0 spiro atoms. The summed E-state index contributed by atoms with van der Waals surface area (Å²) in [6.07, 6.45) is 1.45. The van der Waals surface area contributed by atoms with Gasteiger partial charge in [-0.1, -0.05) is 6.92 Å². The first-order valence-electron chi connectivity index (χ1n) is 6.70. The predicted octanol–water partition coefficient (Wildman–Crippen LogP) is -0.226. The second-order valence-corrected chi connectivity index (χ2v) is 7.83. The van der Waals surface area contributed by atoms with Crippen molar-refractivity contribution in [3.05, 3.63) is 0 Å². The standard InChI is InChI=1S/C12H27N3O2S/c1-4-18(16,17)9-5-6-11(13)12-10-14(2)7-8-15(12)3/h11-12H,4-10,13H2,1-3H3. The highest BCUT2D eigenvalue weighted by Gasteiger charge is 2.27. The Balaban J connectivity index is 2.38. The molecule has 5 nitrogen and oxygen atoms in total. The first kappa shape index (κ1) is 15.9. The molecule has 0 aromatic rings. The fraction of sp³-hybridized carbons (Fsp3) is 1.00. The summed E-state index contributed by atoms with van der Waals surface area (Å²) in [4.78, 5) is 4.58. The maximum atomic E-state index is 11.4. The van der Waals surface area contributed by atoms with Gasteiger partial charge in [0.2, 0.25) is 0 Å². The van der Waals surface area contributed by atoms with Crippen molar-refractivity contribution in [3.8, 4) is 0 Å². The summed E-state index contributed by atoms with van der Waals surface area (Å²) in [7, 11) is 1.35. The largest absolute Gasteiger partial charge is 0.326 e. The molecule has 6 heteroatoms. The van der Waals surface area contributed by atoms with Crippen molar-refractivity contribution in [3.63, 3.8) is 0 Å². The fourth-order valence-corrected chi connectivity index (χ4v) is 3.28. The number of rotatable bonds is 6. The van der Waals surface area contributed by atoms with Crippen LogP contribution in [0.1, 0.15) is 19.8 Å². The third-order valence-electron chi connectivity index (χ3n) is 3.83. The minimum absolute atomic E-state index is 0.0600. The van der Waals surface area contributed by atoms with E-state index in [2.05, 4.69) is 23.9 Å². The molecule has 18 heavy (non-hydrogen) atoms. The van der Waals surface area contributed by atoms with E-state index in [1.807, 2.05) is 0 Å². The van der Waals surface area contributed by atoms with Gasteiger partial charge in [0.05, 0.1) is 5.75 Å². The molecule has 0 radical (unpaired) electrons. The van der Waals surface area contributed by atoms with Crippen molar-refractivity contribution in [2.24, 2.45) is 5.73 Å². The van der Waals surface area contributed by atoms with Crippen LogP contribution in [0.3, 0.4) is 0 Å². The molecular weight excluding hydrogens is 250 g/mol. The summed E-state index contributed by atoms with van der Waals surface area (Å²) < 4.78 is 22.8. The van der Waals surface area contributed by atoms with Crippen LogP contribution in [0.4, 0.5) is 0 Å². The topological polar surface area (TPSA) is 66.6 Å². The van der Waals surface area contributed by atoms with Crippen LogP contribution in [0, 0.1) is 0 Å². The summed E-state index contributed by atoms with van der Waals surface area (Å²) in [5.41, 5.74) is 6.21. The summed E-state index contributed by atoms with van der Waals surface area (Å²) in [5.74, 6) is 0.498. The Morgan fingerprint density at radius 2 is 2.00 bits per heavy atom. The normalized spacial score (nSPS) is 25.2. The summed E-state index contributed by atoms with van der Waals surface area (Å²) >= 11 is 0. The molecule has 0 aromatic carbocycles. The molecule has 1 rings (SSSR count). The lowest BCUT2D eigenvalue weighted by atomic mass is 10.0. The molecule has 1 fully saturated rings. The third kappa shape index (κ3) is 4.84. The average Bonchev–Trinajstić information content (AvgIpc) is 2.32. The lowest BCUT2D eigenvalue weighted by Crippen LogP contribution is -2.57.